The van der Waals surface area contributed by atoms with Crippen molar-refractivity contribution in [3.8, 4) is 55.9 Å². The van der Waals surface area contributed by atoms with Crippen molar-refractivity contribution in [3.05, 3.63) is 158 Å². The van der Waals surface area contributed by atoms with Crippen molar-refractivity contribution in [1.29, 1.82) is 0 Å². The highest BCUT2D eigenvalue weighted by molar-refractivity contribution is 7.25. The Hall–Kier alpha value is -6.16. The van der Waals surface area contributed by atoms with E-state index in [4.69, 9.17) is 9.97 Å². The lowest BCUT2D eigenvalue weighted by Crippen LogP contribution is -1.92. The fourth-order valence-corrected chi connectivity index (χ4v) is 8.96. The van der Waals surface area contributed by atoms with Gasteiger partial charge in [0, 0.05) is 42.1 Å². The first kappa shape index (κ1) is 26.9. The maximum Gasteiger partial charge on any atom is 0.0972 e. The molecule has 7 aromatic carbocycles. The summed E-state index contributed by atoms with van der Waals surface area (Å²) >= 11 is 1.85. The number of thiophene rings is 1. The van der Waals surface area contributed by atoms with E-state index in [1.54, 1.807) is 0 Å². The van der Waals surface area contributed by atoms with Gasteiger partial charge in [0.15, 0.2) is 0 Å². The van der Waals surface area contributed by atoms with Gasteiger partial charge in [-0.1, -0.05) is 121 Å². The van der Waals surface area contributed by atoms with Crippen molar-refractivity contribution in [2.75, 3.05) is 0 Å². The molecule has 0 unspecified atom stereocenters. The Bertz CT molecular complexity index is 2980. The summed E-state index contributed by atoms with van der Waals surface area (Å²) < 4.78 is 2.64. The van der Waals surface area contributed by atoms with E-state index < -0.39 is 0 Å². The van der Waals surface area contributed by atoms with Crippen molar-refractivity contribution in [3.63, 3.8) is 0 Å². The van der Waals surface area contributed by atoms with E-state index in [1.165, 1.54) is 64.3 Å². The van der Waals surface area contributed by atoms with Crippen LogP contribution in [-0.4, -0.2) is 9.97 Å². The van der Waals surface area contributed by atoms with Gasteiger partial charge in [0.05, 0.1) is 22.4 Å². The smallest absolute Gasteiger partial charge is 0.0972 e. The van der Waals surface area contributed by atoms with Crippen LogP contribution >= 0.6 is 11.3 Å². The fraction of sp³-hybridized carbons (Fsp3) is 0. The third-order valence-electron chi connectivity index (χ3n) is 10.2. The zero-order valence-electron chi connectivity index (χ0n) is 26.3. The van der Waals surface area contributed by atoms with Crippen LogP contribution in [-0.2, 0) is 0 Å². The number of pyridine rings is 2. The molecule has 3 aromatic heterocycles. The van der Waals surface area contributed by atoms with E-state index in [9.17, 15) is 0 Å². The zero-order valence-corrected chi connectivity index (χ0v) is 27.1. The van der Waals surface area contributed by atoms with Crippen molar-refractivity contribution in [1.82, 2.24) is 9.97 Å². The summed E-state index contributed by atoms with van der Waals surface area (Å²) in [5.74, 6) is 0. The Morgan fingerprint density at radius 2 is 0.939 bits per heavy atom. The Morgan fingerprint density at radius 3 is 1.80 bits per heavy atom. The lowest BCUT2D eigenvalue weighted by atomic mass is 9.96. The molecule has 1 aliphatic carbocycles. The Kier molecular flexibility index (Phi) is 5.57. The highest BCUT2D eigenvalue weighted by Crippen LogP contribution is 2.49. The minimum absolute atomic E-state index is 0.923. The topological polar surface area (TPSA) is 25.8 Å². The molecule has 11 rings (SSSR count). The molecule has 1 aliphatic rings. The molecule has 0 aliphatic heterocycles. The van der Waals surface area contributed by atoms with Gasteiger partial charge in [0.25, 0.3) is 0 Å². The number of hydrogen-bond donors (Lipinski definition) is 0. The quantitative estimate of drug-likeness (QED) is 0.180. The minimum atomic E-state index is 0.923. The molecular weight excluding hydrogens is 613 g/mol. The third kappa shape index (κ3) is 4.00. The first-order valence-corrected chi connectivity index (χ1v) is 17.5. The molecule has 3 heteroatoms. The molecule has 10 aromatic rings. The summed E-state index contributed by atoms with van der Waals surface area (Å²) in [5, 5.41) is 7.35. The van der Waals surface area contributed by atoms with Crippen molar-refractivity contribution >= 4 is 64.1 Å². The van der Waals surface area contributed by atoms with E-state index in [2.05, 4.69) is 158 Å². The van der Waals surface area contributed by atoms with Crippen LogP contribution in [0.15, 0.2) is 158 Å². The molecule has 0 amide bonds. The SMILES string of the molecule is c1cc(-c2ccc3sc4ccccc4c3c2)cc(-c2ccc3ccc4ccc(-c5ccc6c7c(cccc57)-c5ccccc5-6)nc4c3n2)c1. The molecule has 0 saturated heterocycles. The molecule has 0 atom stereocenters. The van der Waals surface area contributed by atoms with Crippen molar-refractivity contribution < 1.29 is 0 Å². The summed E-state index contributed by atoms with van der Waals surface area (Å²) in [6.45, 7) is 0. The number of nitrogens with zero attached hydrogens (tertiary/aromatic N) is 2. The number of hydrogen-bond acceptors (Lipinski definition) is 3. The molecule has 3 heterocycles. The molecule has 0 radical (unpaired) electrons. The van der Waals surface area contributed by atoms with E-state index in [-0.39, 0.29) is 0 Å². The number of rotatable bonds is 3. The summed E-state index contributed by atoms with van der Waals surface area (Å²) in [4.78, 5) is 10.6. The van der Waals surface area contributed by atoms with Gasteiger partial charge in [-0.25, -0.2) is 9.97 Å². The Labute approximate surface area is 286 Å². The molecule has 49 heavy (non-hydrogen) atoms. The largest absolute Gasteiger partial charge is 0.245 e. The predicted molar refractivity (Wildman–Crippen MR) is 208 cm³/mol. The van der Waals surface area contributed by atoms with E-state index in [1.807, 2.05) is 11.3 Å². The molecule has 0 N–H and O–H groups in total. The lowest BCUT2D eigenvalue weighted by Gasteiger charge is -2.11. The maximum absolute atomic E-state index is 5.34. The van der Waals surface area contributed by atoms with Gasteiger partial charge in [-0.3, -0.25) is 0 Å². The second kappa shape index (κ2) is 10.2. The van der Waals surface area contributed by atoms with Crippen LogP contribution in [0.1, 0.15) is 0 Å². The van der Waals surface area contributed by atoms with Gasteiger partial charge >= 0.3 is 0 Å². The van der Waals surface area contributed by atoms with Gasteiger partial charge in [-0.2, -0.15) is 0 Å². The Morgan fingerprint density at radius 1 is 0.347 bits per heavy atom. The Balaban J connectivity index is 1.04. The second-order valence-corrected chi connectivity index (χ2v) is 14.0. The van der Waals surface area contributed by atoms with E-state index in [0.29, 0.717) is 0 Å². The highest BCUT2D eigenvalue weighted by atomic mass is 32.1. The van der Waals surface area contributed by atoms with Gasteiger partial charge in [0.1, 0.15) is 0 Å². The standard InChI is InChI=1S/C46H26N2S/c1-2-10-33-32(9-1)36-12-6-13-37-34(20-21-38(33)44(36)37)41-23-18-28-16-15-27-17-22-40(47-45(27)46(28)48-41)31-8-5-7-29(25-31)30-19-24-43-39(26-30)35-11-3-4-14-42(35)49-43/h1-26H. The summed E-state index contributed by atoms with van der Waals surface area (Å²) in [7, 11) is 0. The van der Waals surface area contributed by atoms with Crippen LogP contribution in [0.25, 0.3) is 109 Å². The second-order valence-electron chi connectivity index (χ2n) is 12.9. The molecule has 2 nitrogen and oxygen atoms in total. The van der Waals surface area contributed by atoms with Crippen LogP contribution in [0.4, 0.5) is 0 Å². The summed E-state index contributed by atoms with van der Waals surface area (Å²) in [6.07, 6.45) is 0. The van der Waals surface area contributed by atoms with Gasteiger partial charge < -0.3 is 0 Å². The normalized spacial score (nSPS) is 12.1. The average Bonchev–Trinajstić information content (AvgIpc) is 3.71. The molecule has 0 fully saturated rings. The lowest BCUT2D eigenvalue weighted by molar-refractivity contribution is 1.37. The van der Waals surface area contributed by atoms with Crippen LogP contribution in [0.2, 0.25) is 0 Å². The number of fused-ring (bicyclic) bond motifs is 9. The van der Waals surface area contributed by atoms with E-state index >= 15 is 0 Å². The van der Waals surface area contributed by atoms with E-state index in [0.717, 1.165) is 44.3 Å². The minimum Gasteiger partial charge on any atom is -0.245 e. The molecule has 226 valence electrons. The predicted octanol–water partition coefficient (Wildman–Crippen LogP) is 13.0. The average molecular weight is 639 g/mol. The van der Waals surface area contributed by atoms with Crippen LogP contribution < -0.4 is 0 Å². The van der Waals surface area contributed by atoms with Gasteiger partial charge in [-0.15, -0.1) is 11.3 Å². The van der Waals surface area contributed by atoms with Crippen LogP contribution in [0.3, 0.4) is 0 Å². The molecular formula is C46H26N2S. The van der Waals surface area contributed by atoms with Gasteiger partial charge in [-0.05, 0) is 80.6 Å². The molecule has 0 saturated carbocycles. The molecule has 0 bridgehead atoms. The van der Waals surface area contributed by atoms with Gasteiger partial charge in [0.2, 0.25) is 0 Å². The molecule has 0 spiro atoms. The monoisotopic (exact) mass is 638 g/mol. The van der Waals surface area contributed by atoms with Crippen LogP contribution in [0.5, 0.6) is 0 Å². The third-order valence-corrected chi connectivity index (χ3v) is 11.4. The number of aromatic nitrogens is 2. The maximum atomic E-state index is 5.34. The first-order valence-electron chi connectivity index (χ1n) is 16.7. The first-order chi connectivity index (χ1) is 24.3. The fourth-order valence-electron chi connectivity index (χ4n) is 7.87. The number of benzene rings is 7. The van der Waals surface area contributed by atoms with Crippen LogP contribution in [0, 0.1) is 0 Å². The zero-order chi connectivity index (χ0) is 32.1. The van der Waals surface area contributed by atoms with Crippen molar-refractivity contribution in [2.45, 2.75) is 0 Å². The summed E-state index contributed by atoms with van der Waals surface area (Å²) in [6, 6.07) is 57.1. The van der Waals surface area contributed by atoms with Crippen molar-refractivity contribution in [2.24, 2.45) is 0 Å². The summed E-state index contributed by atoms with van der Waals surface area (Å²) in [5.41, 5.74) is 13.6. The highest BCUT2D eigenvalue weighted by Gasteiger charge is 2.22.